The number of hydrogen-bond donors (Lipinski definition) is 0. The summed E-state index contributed by atoms with van der Waals surface area (Å²) in [5, 5.41) is 8.82. The molecule has 0 bridgehead atoms. The molecule has 1 atom stereocenters. The Morgan fingerprint density at radius 3 is 2.84 bits per heavy atom. The van der Waals surface area contributed by atoms with E-state index >= 15 is 0 Å². The third-order valence-corrected chi connectivity index (χ3v) is 4.60. The number of carbonyl (C=O) groups excluding carboxylic acids is 1. The number of rotatable bonds is 3. The molecule has 1 aliphatic rings. The summed E-state index contributed by atoms with van der Waals surface area (Å²) in [6.45, 7) is 1.44. The minimum Gasteiger partial charge on any atom is -0.336 e. The summed E-state index contributed by atoms with van der Waals surface area (Å²) in [6, 6.07) is 5.90. The zero-order valence-electron chi connectivity index (χ0n) is 14.1. The van der Waals surface area contributed by atoms with Crippen molar-refractivity contribution < 1.29 is 4.79 Å². The van der Waals surface area contributed by atoms with Gasteiger partial charge in [-0.1, -0.05) is 0 Å². The summed E-state index contributed by atoms with van der Waals surface area (Å²) in [5.41, 5.74) is 2.24. The molecule has 0 saturated carbocycles. The number of piperidine rings is 1. The number of aromatic nitrogens is 5. The normalized spacial score (nSPS) is 17.6. The SMILES string of the molecule is Cn1cc(C(=O)N2CCC[C@H](n3cccn3)C2)c(-c2ccncc2)n1. The second kappa shape index (κ2) is 6.51. The van der Waals surface area contributed by atoms with Crippen LogP contribution in [0, 0.1) is 0 Å². The average molecular weight is 336 g/mol. The Kier molecular flexibility index (Phi) is 4.05. The first-order valence-corrected chi connectivity index (χ1v) is 8.45. The Balaban J connectivity index is 1.61. The van der Waals surface area contributed by atoms with Gasteiger partial charge in [-0.2, -0.15) is 10.2 Å². The minimum absolute atomic E-state index is 0.0248. The van der Waals surface area contributed by atoms with Gasteiger partial charge < -0.3 is 4.90 Å². The molecular formula is C18H20N6O. The summed E-state index contributed by atoms with van der Waals surface area (Å²) < 4.78 is 3.64. The third-order valence-electron chi connectivity index (χ3n) is 4.60. The van der Waals surface area contributed by atoms with E-state index in [1.54, 1.807) is 29.5 Å². The van der Waals surface area contributed by atoms with Crippen molar-refractivity contribution in [1.29, 1.82) is 0 Å². The van der Waals surface area contributed by atoms with Gasteiger partial charge >= 0.3 is 0 Å². The average Bonchev–Trinajstić information content (AvgIpc) is 3.32. The molecule has 1 fully saturated rings. The van der Waals surface area contributed by atoms with Crippen molar-refractivity contribution in [1.82, 2.24) is 29.4 Å². The maximum Gasteiger partial charge on any atom is 0.257 e. The van der Waals surface area contributed by atoms with Crippen LogP contribution < -0.4 is 0 Å². The van der Waals surface area contributed by atoms with Gasteiger partial charge in [-0.05, 0) is 31.0 Å². The predicted octanol–water partition coefficient (Wildman–Crippen LogP) is 2.16. The van der Waals surface area contributed by atoms with E-state index in [9.17, 15) is 4.79 Å². The fourth-order valence-corrected chi connectivity index (χ4v) is 3.39. The number of amides is 1. The number of carbonyl (C=O) groups is 1. The summed E-state index contributed by atoms with van der Waals surface area (Å²) in [5.74, 6) is 0.0248. The van der Waals surface area contributed by atoms with E-state index in [1.807, 2.05) is 41.0 Å². The molecule has 0 radical (unpaired) electrons. The smallest absolute Gasteiger partial charge is 0.257 e. The molecule has 4 heterocycles. The lowest BCUT2D eigenvalue weighted by Crippen LogP contribution is -2.40. The molecule has 0 aliphatic carbocycles. The van der Waals surface area contributed by atoms with Crippen molar-refractivity contribution in [2.45, 2.75) is 18.9 Å². The second-order valence-electron chi connectivity index (χ2n) is 6.33. The van der Waals surface area contributed by atoms with Crippen molar-refractivity contribution in [3.05, 3.63) is 54.7 Å². The Morgan fingerprint density at radius 2 is 2.08 bits per heavy atom. The van der Waals surface area contributed by atoms with Gasteiger partial charge in [0, 0.05) is 56.7 Å². The standard InChI is InChI=1S/C18H20N6O/c1-22-13-16(17(21-22)14-5-8-19-9-6-14)18(25)23-10-2-4-15(12-23)24-11-3-7-20-24/h3,5-9,11,13,15H,2,4,10,12H2,1H3/t15-/m0/s1. The van der Waals surface area contributed by atoms with Crippen LogP contribution in [0.3, 0.4) is 0 Å². The molecule has 1 saturated heterocycles. The van der Waals surface area contributed by atoms with Gasteiger partial charge in [0.15, 0.2) is 0 Å². The van der Waals surface area contributed by atoms with E-state index in [4.69, 9.17) is 0 Å². The Morgan fingerprint density at radius 1 is 1.24 bits per heavy atom. The molecule has 7 nitrogen and oxygen atoms in total. The first-order chi connectivity index (χ1) is 12.2. The molecule has 3 aromatic heterocycles. The van der Waals surface area contributed by atoms with Crippen LogP contribution >= 0.6 is 0 Å². The number of aryl methyl sites for hydroxylation is 1. The van der Waals surface area contributed by atoms with Crippen molar-refractivity contribution >= 4 is 5.91 Å². The summed E-state index contributed by atoms with van der Waals surface area (Å²) in [6.07, 6.45) is 11.0. The fourth-order valence-electron chi connectivity index (χ4n) is 3.39. The first kappa shape index (κ1) is 15.6. The van der Waals surface area contributed by atoms with Crippen molar-refractivity contribution in [3.63, 3.8) is 0 Å². The van der Waals surface area contributed by atoms with Crippen LogP contribution in [0.4, 0.5) is 0 Å². The second-order valence-corrected chi connectivity index (χ2v) is 6.33. The van der Waals surface area contributed by atoms with Crippen LogP contribution in [-0.2, 0) is 7.05 Å². The van der Waals surface area contributed by atoms with Gasteiger partial charge in [-0.15, -0.1) is 0 Å². The van der Waals surface area contributed by atoms with E-state index in [0.717, 1.165) is 24.9 Å². The summed E-state index contributed by atoms with van der Waals surface area (Å²) in [7, 11) is 1.84. The van der Waals surface area contributed by atoms with Gasteiger partial charge in [0.25, 0.3) is 5.91 Å². The highest BCUT2D eigenvalue weighted by Gasteiger charge is 2.28. The molecule has 0 spiro atoms. The highest BCUT2D eigenvalue weighted by Crippen LogP contribution is 2.26. The Labute approximate surface area is 145 Å². The molecule has 1 aliphatic heterocycles. The molecule has 3 aromatic rings. The molecular weight excluding hydrogens is 316 g/mol. The number of likely N-dealkylation sites (tertiary alicyclic amines) is 1. The van der Waals surface area contributed by atoms with Crippen LogP contribution in [-0.4, -0.2) is 48.4 Å². The van der Waals surface area contributed by atoms with E-state index in [0.29, 0.717) is 17.8 Å². The summed E-state index contributed by atoms with van der Waals surface area (Å²) in [4.78, 5) is 19.1. The van der Waals surface area contributed by atoms with E-state index in [1.165, 1.54) is 0 Å². The number of nitrogens with zero attached hydrogens (tertiary/aromatic N) is 6. The van der Waals surface area contributed by atoms with Crippen molar-refractivity contribution in [2.24, 2.45) is 7.05 Å². The van der Waals surface area contributed by atoms with Gasteiger partial charge in [-0.25, -0.2) is 0 Å². The molecule has 0 aromatic carbocycles. The Bertz CT molecular complexity index is 855. The van der Waals surface area contributed by atoms with E-state index < -0.39 is 0 Å². The van der Waals surface area contributed by atoms with Gasteiger partial charge in [0.05, 0.1) is 11.6 Å². The molecule has 7 heteroatoms. The van der Waals surface area contributed by atoms with E-state index in [-0.39, 0.29) is 11.9 Å². The molecule has 4 rings (SSSR count). The monoisotopic (exact) mass is 336 g/mol. The van der Waals surface area contributed by atoms with Crippen LogP contribution in [0.5, 0.6) is 0 Å². The quantitative estimate of drug-likeness (QED) is 0.735. The summed E-state index contributed by atoms with van der Waals surface area (Å²) >= 11 is 0. The molecule has 1 amide bonds. The highest BCUT2D eigenvalue weighted by atomic mass is 16.2. The zero-order valence-corrected chi connectivity index (χ0v) is 14.1. The molecule has 128 valence electrons. The molecule has 0 N–H and O–H groups in total. The van der Waals surface area contributed by atoms with Crippen LogP contribution in [0.1, 0.15) is 29.2 Å². The lowest BCUT2D eigenvalue weighted by molar-refractivity contribution is 0.0673. The maximum atomic E-state index is 13.1. The maximum absolute atomic E-state index is 13.1. The lowest BCUT2D eigenvalue weighted by atomic mass is 10.0. The van der Waals surface area contributed by atoms with Crippen molar-refractivity contribution in [2.75, 3.05) is 13.1 Å². The van der Waals surface area contributed by atoms with E-state index in [2.05, 4.69) is 15.2 Å². The largest absolute Gasteiger partial charge is 0.336 e. The lowest BCUT2D eigenvalue weighted by Gasteiger charge is -2.32. The number of pyridine rings is 1. The van der Waals surface area contributed by atoms with Crippen molar-refractivity contribution in [3.8, 4) is 11.3 Å². The Hall–Kier alpha value is -2.96. The topological polar surface area (TPSA) is 68.8 Å². The van der Waals surface area contributed by atoms with Crippen LogP contribution in [0.25, 0.3) is 11.3 Å². The van der Waals surface area contributed by atoms with Gasteiger partial charge in [-0.3, -0.25) is 19.1 Å². The fraction of sp³-hybridized carbons (Fsp3) is 0.333. The van der Waals surface area contributed by atoms with Gasteiger partial charge in [0.2, 0.25) is 0 Å². The molecule has 0 unspecified atom stereocenters. The highest BCUT2D eigenvalue weighted by molar-refractivity contribution is 5.99. The zero-order chi connectivity index (χ0) is 17.2. The predicted molar refractivity (Wildman–Crippen MR) is 92.8 cm³/mol. The number of hydrogen-bond acceptors (Lipinski definition) is 4. The third kappa shape index (κ3) is 3.05. The van der Waals surface area contributed by atoms with Gasteiger partial charge in [0.1, 0.15) is 5.69 Å². The van der Waals surface area contributed by atoms with Crippen LogP contribution in [0.2, 0.25) is 0 Å². The van der Waals surface area contributed by atoms with Crippen LogP contribution in [0.15, 0.2) is 49.2 Å². The molecule has 25 heavy (non-hydrogen) atoms. The minimum atomic E-state index is 0.0248. The first-order valence-electron chi connectivity index (χ1n) is 8.45.